The first-order chi connectivity index (χ1) is 11.7. The van der Waals surface area contributed by atoms with E-state index in [-0.39, 0.29) is 24.0 Å². The van der Waals surface area contributed by atoms with E-state index in [1.165, 1.54) is 0 Å². The molecule has 6 nitrogen and oxygen atoms in total. The summed E-state index contributed by atoms with van der Waals surface area (Å²) in [5, 5.41) is 6.53. The fraction of sp³-hybridized carbons (Fsp3) is 0.353. The second-order valence-electron chi connectivity index (χ2n) is 4.98. The van der Waals surface area contributed by atoms with Gasteiger partial charge in [0.1, 0.15) is 5.76 Å². The first kappa shape index (κ1) is 21.6. The third kappa shape index (κ3) is 6.43. The van der Waals surface area contributed by atoms with E-state index in [1.807, 2.05) is 24.3 Å². The number of ether oxygens (including phenoxy) is 2. The topological polar surface area (TPSA) is 68.0 Å². The minimum atomic E-state index is 0. The zero-order valence-electron chi connectivity index (χ0n) is 14.5. The van der Waals surface area contributed by atoms with Crippen LogP contribution in [0.4, 0.5) is 0 Å². The Kier molecular flexibility index (Phi) is 9.73. The van der Waals surface area contributed by atoms with Crippen molar-refractivity contribution in [2.24, 2.45) is 4.99 Å². The summed E-state index contributed by atoms with van der Waals surface area (Å²) in [6.45, 7) is 1.33. The van der Waals surface area contributed by atoms with Crippen LogP contribution in [0.1, 0.15) is 11.3 Å². The highest BCUT2D eigenvalue weighted by Gasteiger charge is 2.10. The van der Waals surface area contributed by atoms with Gasteiger partial charge in [0.05, 0.1) is 20.5 Å². The monoisotopic (exact) mass is 523 g/mol. The van der Waals surface area contributed by atoms with Gasteiger partial charge in [-0.15, -0.1) is 24.0 Å². The molecule has 1 aromatic carbocycles. The summed E-state index contributed by atoms with van der Waals surface area (Å²) < 4.78 is 16.9. The van der Waals surface area contributed by atoms with Crippen LogP contribution < -0.4 is 20.1 Å². The molecule has 0 saturated heterocycles. The van der Waals surface area contributed by atoms with Gasteiger partial charge in [-0.1, -0.05) is 15.9 Å². The van der Waals surface area contributed by atoms with Crippen LogP contribution in [0.25, 0.3) is 0 Å². The molecule has 0 atom stereocenters. The van der Waals surface area contributed by atoms with E-state index < -0.39 is 0 Å². The van der Waals surface area contributed by atoms with E-state index in [2.05, 4.69) is 31.6 Å². The minimum absolute atomic E-state index is 0. The van der Waals surface area contributed by atoms with Gasteiger partial charge >= 0.3 is 0 Å². The maximum absolute atomic E-state index is 5.34. The van der Waals surface area contributed by atoms with E-state index in [0.29, 0.717) is 18.0 Å². The van der Waals surface area contributed by atoms with Gasteiger partial charge in [-0.2, -0.15) is 0 Å². The number of hydrogen-bond acceptors (Lipinski definition) is 4. The quantitative estimate of drug-likeness (QED) is 0.330. The molecule has 0 aliphatic carbocycles. The van der Waals surface area contributed by atoms with Crippen LogP contribution in [0.3, 0.4) is 0 Å². The molecule has 2 aromatic rings. The van der Waals surface area contributed by atoms with Crippen molar-refractivity contribution in [2.75, 3.05) is 27.8 Å². The number of nitrogens with one attached hydrogen (secondary N) is 2. The minimum Gasteiger partial charge on any atom is -0.493 e. The van der Waals surface area contributed by atoms with Crippen molar-refractivity contribution >= 4 is 45.9 Å². The third-order valence-electron chi connectivity index (χ3n) is 3.47. The van der Waals surface area contributed by atoms with Gasteiger partial charge < -0.3 is 24.5 Å². The second kappa shape index (κ2) is 11.2. The molecule has 1 aromatic heterocycles. The van der Waals surface area contributed by atoms with E-state index >= 15 is 0 Å². The van der Waals surface area contributed by atoms with E-state index in [0.717, 1.165) is 34.7 Å². The van der Waals surface area contributed by atoms with Gasteiger partial charge in [0.2, 0.25) is 0 Å². The number of furan rings is 1. The molecule has 0 unspecified atom stereocenters. The predicted octanol–water partition coefficient (Wildman–Crippen LogP) is 3.59. The van der Waals surface area contributed by atoms with Crippen molar-refractivity contribution < 1.29 is 13.9 Å². The van der Waals surface area contributed by atoms with Crippen molar-refractivity contribution in [1.29, 1.82) is 0 Å². The van der Waals surface area contributed by atoms with Gasteiger partial charge in [-0.3, -0.25) is 4.99 Å². The molecule has 0 radical (unpaired) electrons. The van der Waals surface area contributed by atoms with Gasteiger partial charge in [0.25, 0.3) is 0 Å². The SMILES string of the molecule is CN=C(NCCc1ccco1)NCc1cc(OC)c(OC)cc1Br.I. The molecule has 0 spiro atoms. The van der Waals surface area contributed by atoms with Crippen LogP contribution in [0.15, 0.2) is 44.4 Å². The molecule has 8 heteroatoms. The van der Waals surface area contributed by atoms with Gasteiger partial charge in [0, 0.05) is 31.0 Å². The lowest BCUT2D eigenvalue weighted by Gasteiger charge is -2.14. The Bertz CT molecular complexity index is 678. The van der Waals surface area contributed by atoms with Gasteiger partial charge in [0.15, 0.2) is 17.5 Å². The number of nitrogens with zero attached hydrogens (tertiary/aromatic N) is 1. The summed E-state index contributed by atoms with van der Waals surface area (Å²) in [6, 6.07) is 7.67. The number of guanidine groups is 1. The molecule has 1 heterocycles. The van der Waals surface area contributed by atoms with Crippen LogP contribution in [-0.2, 0) is 13.0 Å². The number of methoxy groups -OCH3 is 2. The highest BCUT2D eigenvalue weighted by molar-refractivity contribution is 14.0. The summed E-state index contributed by atoms with van der Waals surface area (Å²) in [7, 11) is 4.98. The summed E-state index contributed by atoms with van der Waals surface area (Å²) in [5.74, 6) is 3.05. The molecule has 25 heavy (non-hydrogen) atoms. The maximum atomic E-state index is 5.34. The standard InChI is InChI=1S/C17H22BrN3O3.HI/c1-19-17(20-7-6-13-5-4-8-24-13)21-11-12-9-15(22-2)16(23-3)10-14(12)18;/h4-5,8-10H,6-7,11H2,1-3H3,(H2,19,20,21);1H. The van der Waals surface area contributed by atoms with E-state index in [4.69, 9.17) is 13.9 Å². The van der Waals surface area contributed by atoms with Gasteiger partial charge in [-0.25, -0.2) is 0 Å². The molecule has 2 rings (SSSR count). The highest BCUT2D eigenvalue weighted by atomic mass is 127. The molecule has 138 valence electrons. The Hall–Kier alpha value is -1.42. The molecule has 0 amide bonds. The molecule has 0 aliphatic rings. The average molecular weight is 524 g/mol. The van der Waals surface area contributed by atoms with Crippen LogP contribution >= 0.6 is 39.9 Å². The normalized spacial score (nSPS) is 10.8. The number of benzene rings is 1. The average Bonchev–Trinajstić information content (AvgIpc) is 3.11. The Balaban J connectivity index is 0.00000312. The number of aliphatic imine (C=N–C) groups is 1. The summed E-state index contributed by atoms with van der Waals surface area (Å²) in [5.41, 5.74) is 1.04. The molecule has 0 saturated carbocycles. The molecule has 0 fully saturated rings. The summed E-state index contributed by atoms with van der Waals surface area (Å²) in [4.78, 5) is 4.22. The van der Waals surface area contributed by atoms with Crippen LogP contribution in [0, 0.1) is 0 Å². The van der Waals surface area contributed by atoms with Crippen molar-refractivity contribution in [3.63, 3.8) is 0 Å². The molecule has 0 aliphatic heterocycles. The first-order valence-corrected chi connectivity index (χ1v) is 8.34. The fourth-order valence-electron chi connectivity index (χ4n) is 2.19. The number of halogens is 2. The Morgan fingerprint density at radius 2 is 1.92 bits per heavy atom. The molecular formula is C17H23BrIN3O3. The Morgan fingerprint density at radius 1 is 1.20 bits per heavy atom. The largest absolute Gasteiger partial charge is 0.493 e. The first-order valence-electron chi connectivity index (χ1n) is 7.55. The summed E-state index contributed by atoms with van der Waals surface area (Å²) in [6.07, 6.45) is 2.48. The van der Waals surface area contributed by atoms with Crippen molar-refractivity contribution in [3.05, 3.63) is 46.3 Å². The van der Waals surface area contributed by atoms with Crippen LogP contribution in [0.2, 0.25) is 0 Å². The Labute approximate surface area is 173 Å². The van der Waals surface area contributed by atoms with E-state index in [1.54, 1.807) is 27.5 Å². The number of rotatable bonds is 7. The van der Waals surface area contributed by atoms with E-state index in [9.17, 15) is 0 Å². The zero-order chi connectivity index (χ0) is 17.4. The summed E-state index contributed by atoms with van der Waals surface area (Å²) >= 11 is 3.55. The highest BCUT2D eigenvalue weighted by Crippen LogP contribution is 2.33. The fourth-order valence-corrected chi connectivity index (χ4v) is 2.65. The van der Waals surface area contributed by atoms with Crippen molar-refractivity contribution in [3.8, 4) is 11.5 Å². The lowest BCUT2D eigenvalue weighted by atomic mass is 10.2. The molecule has 2 N–H and O–H groups in total. The lowest BCUT2D eigenvalue weighted by molar-refractivity contribution is 0.354. The van der Waals surface area contributed by atoms with Crippen LogP contribution in [0.5, 0.6) is 11.5 Å². The smallest absolute Gasteiger partial charge is 0.191 e. The molecular weight excluding hydrogens is 501 g/mol. The second-order valence-corrected chi connectivity index (χ2v) is 5.83. The number of hydrogen-bond donors (Lipinski definition) is 2. The maximum Gasteiger partial charge on any atom is 0.191 e. The van der Waals surface area contributed by atoms with Crippen LogP contribution in [-0.4, -0.2) is 33.8 Å². The third-order valence-corrected chi connectivity index (χ3v) is 4.20. The van der Waals surface area contributed by atoms with Crippen molar-refractivity contribution in [2.45, 2.75) is 13.0 Å². The molecule has 0 bridgehead atoms. The van der Waals surface area contributed by atoms with Gasteiger partial charge in [-0.05, 0) is 29.8 Å². The van der Waals surface area contributed by atoms with Crippen molar-refractivity contribution in [1.82, 2.24) is 10.6 Å². The lowest BCUT2D eigenvalue weighted by Crippen LogP contribution is -2.37. The Morgan fingerprint density at radius 3 is 2.52 bits per heavy atom. The predicted molar refractivity (Wildman–Crippen MR) is 113 cm³/mol. The zero-order valence-corrected chi connectivity index (χ0v) is 18.4.